The largest absolute Gasteiger partial charge is 0.480 e. The predicted octanol–water partition coefficient (Wildman–Crippen LogP) is 2.07. The summed E-state index contributed by atoms with van der Waals surface area (Å²) in [6, 6.07) is -0.386. The quantitative estimate of drug-likeness (QED) is 0.663. The summed E-state index contributed by atoms with van der Waals surface area (Å²) < 4.78 is 0. The summed E-state index contributed by atoms with van der Waals surface area (Å²) in [7, 11) is 0. The van der Waals surface area contributed by atoms with E-state index in [2.05, 4.69) is 12.2 Å². The van der Waals surface area contributed by atoms with Crippen LogP contribution in [0.1, 0.15) is 46.5 Å². The zero-order valence-electron chi connectivity index (χ0n) is 11.5. The number of carboxylic acid groups (broad SMARTS) is 1. The minimum absolute atomic E-state index is 0.267. The summed E-state index contributed by atoms with van der Waals surface area (Å²) in [5.74, 6) is 0.473. The highest BCUT2D eigenvalue weighted by Crippen LogP contribution is 2.27. The van der Waals surface area contributed by atoms with Gasteiger partial charge in [0, 0.05) is 5.75 Å². The number of aliphatic hydroxyl groups is 1. The second kappa shape index (κ2) is 6.78. The van der Waals surface area contributed by atoms with Crippen LogP contribution in [0.3, 0.4) is 0 Å². The molecular formula is C13H25NO3S. The van der Waals surface area contributed by atoms with Gasteiger partial charge in [0.15, 0.2) is 0 Å². The maximum atomic E-state index is 10.8. The van der Waals surface area contributed by atoms with Gasteiger partial charge in [0.2, 0.25) is 0 Å². The van der Waals surface area contributed by atoms with Crippen LogP contribution in [-0.4, -0.2) is 39.0 Å². The van der Waals surface area contributed by atoms with E-state index in [1.165, 1.54) is 0 Å². The Morgan fingerprint density at radius 3 is 2.72 bits per heavy atom. The number of rotatable bonds is 7. The predicted molar refractivity (Wildman–Crippen MR) is 74.7 cm³/mol. The number of carboxylic acids is 1. The highest BCUT2D eigenvalue weighted by molar-refractivity contribution is 8.00. The molecular weight excluding hydrogens is 250 g/mol. The molecule has 0 spiro atoms. The molecule has 1 heterocycles. The maximum absolute atomic E-state index is 10.8. The number of nitrogens with one attached hydrogen (secondary N) is 1. The minimum Gasteiger partial charge on any atom is -0.480 e. The molecule has 0 radical (unpaired) electrons. The SMILES string of the molecule is CC(CCCC(C)(C)O)CC1NC(C(=O)O)CS1. The summed E-state index contributed by atoms with van der Waals surface area (Å²) in [6.07, 6.45) is 3.92. The number of carbonyl (C=O) groups is 1. The van der Waals surface area contributed by atoms with E-state index in [0.717, 1.165) is 25.7 Å². The molecule has 1 aliphatic heterocycles. The normalized spacial score (nSPS) is 26.2. The molecule has 0 aromatic heterocycles. The van der Waals surface area contributed by atoms with Crippen LogP contribution >= 0.6 is 11.8 Å². The second-order valence-corrected chi connectivity index (χ2v) is 7.16. The molecule has 0 bridgehead atoms. The lowest BCUT2D eigenvalue weighted by Gasteiger charge is -2.20. The molecule has 0 amide bonds. The average molecular weight is 275 g/mol. The Morgan fingerprint density at radius 2 is 2.22 bits per heavy atom. The lowest BCUT2D eigenvalue weighted by atomic mass is 9.95. The van der Waals surface area contributed by atoms with Crippen LogP contribution < -0.4 is 5.32 Å². The van der Waals surface area contributed by atoms with Crippen LogP contribution in [0.25, 0.3) is 0 Å². The first-order chi connectivity index (χ1) is 8.28. The first-order valence-corrected chi connectivity index (χ1v) is 7.65. The van der Waals surface area contributed by atoms with Crippen LogP contribution in [0.15, 0.2) is 0 Å². The smallest absolute Gasteiger partial charge is 0.321 e. The van der Waals surface area contributed by atoms with E-state index >= 15 is 0 Å². The third-order valence-corrected chi connectivity index (χ3v) is 4.51. The van der Waals surface area contributed by atoms with Crippen molar-refractivity contribution in [1.82, 2.24) is 5.32 Å². The van der Waals surface area contributed by atoms with E-state index in [4.69, 9.17) is 5.11 Å². The zero-order chi connectivity index (χ0) is 13.8. The molecule has 1 aliphatic rings. The highest BCUT2D eigenvalue weighted by atomic mass is 32.2. The van der Waals surface area contributed by atoms with Crippen molar-refractivity contribution >= 4 is 17.7 Å². The van der Waals surface area contributed by atoms with Gasteiger partial charge in [-0.2, -0.15) is 0 Å². The molecule has 106 valence electrons. The van der Waals surface area contributed by atoms with Crippen molar-refractivity contribution in [1.29, 1.82) is 0 Å². The molecule has 1 rings (SSSR count). The van der Waals surface area contributed by atoms with Crippen molar-refractivity contribution in [3.8, 4) is 0 Å². The van der Waals surface area contributed by atoms with Gasteiger partial charge >= 0.3 is 5.97 Å². The van der Waals surface area contributed by atoms with E-state index in [-0.39, 0.29) is 11.4 Å². The monoisotopic (exact) mass is 275 g/mol. The summed E-state index contributed by atoms with van der Waals surface area (Å²) in [5, 5.41) is 21.9. The minimum atomic E-state index is -0.750. The lowest BCUT2D eigenvalue weighted by Crippen LogP contribution is -2.37. The number of hydrogen-bond donors (Lipinski definition) is 3. The lowest BCUT2D eigenvalue weighted by molar-refractivity contribution is -0.138. The number of thioether (sulfide) groups is 1. The van der Waals surface area contributed by atoms with Crippen molar-refractivity contribution in [2.45, 2.75) is 63.5 Å². The van der Waals surface area contributed by atoms with E-state index in [9.17, 15) is 9.90 Å². The van der Waals surface area contributed by atoms with E-state index in [0.29, 0.717) is 11.7 Å². The molecule has 0 aliphatic carbocycles. The molecule has 4 nitrogen and oxygen atoms in total. The molecule has 3 unspecified atom stereocenters. The molecule has 3 N–H and O–H groups in total. The third-order valence-electron chi connectivity index (χ3n) is 3.25. The summed E-state index contributed by atoms with van der Waals surface area (Å²) in [5.41, 5.74) is -0.575. The molecule has 0 aromatic rings. The molecule has 18 heavy (non-hydrogen) atoms. The fourth-order valence-corrected chi connectivity index (χ4v) is 3.57. The van der Waals surface area contributed by atoms with Crippen LogP contribution in [-0.2, 0) is 4.79 Å². The Morgan fingerprint density at radius 1 is 1.56 bits per heavy atom. The summed E-state index contributed by atoms with van der Waals surface area (Å²) in [6.45, 7) is 5.87. The molecule has 0 saturated carbocycles. The molecule has 1 fully saturated rings. The van der Waals surface area contributed by atoms with Gasteiger partial charge < -0.3 is 10.2 Å². The molecule has 1 saturated heterocycles. The fourth-order valence-electron chi connectivity index (χ4n) is 2.18. The Balaban J connectivity index is 2.17. The van der Waals surface area contributed by atoms with Gasteiger partial charge in [0.05, 0.1) is 11.0 Å². The number of hydrogen-bond acceptors (Lipinski definition) is 4. The topological polar surface area (TPSA) is 69.6 Å². The van der Waals surface area contributed by atoms with E-state index < -0.39 is 11.6 Å². The average Bonchev–Trinajstić information content (AvgIpc) is 2.64. The third kappa shape index (κ3) is 6.07. The summed E-state index contributed by atoms with van der Waals surface area (Å²) >= 11 is 1.70. The Hall–Kier alpha value is -0.260. The number of aliphatic carboxylic acids is 1. The van der Waals surface area contributed by atoms with Gasteiger partial charge in [-0.15, -0.1) is 11.8 Å². The van der Waals surface area contributed by atoms with E-state index in [1.807, 2.05) is 13.8 Å². The van der Waals surface area contributed by atoms with Crippen molar-refractivity contribution in [2.75, 3.05) is 5.75 Å². The Bertz CT molecular complexity index is 278. The van der Waals surface area contributed by atoms with Gasteiger partial charge in [-0.1, -0.05) is 19.8 Å². The van der Waals surface area contributed by atoms with Gasteiger partial charge in [0.25, 0.3) is 0 Å². The standard InChI is InChI=1S/C13H25NO3S/c1-9(5-4-6-13(2,3)17)7-11-14-10(8-18-11)12(15)16/h9-11,14,17H,4-8H2,1-3H3,(H,15,16). The van der Waals surface area contributed by atoms with E-state index in [1.54, 1.807) is 11.8 Å². The molecule has 0 aromatic carbocycles. The van der Waals surface area contributed by atoms with Gasteiger partial charge in [-0.05, 0) is 32.6 Å². The molecule has 3 atom stereocenters. The second-order valence-electron chi connectivity index (χ2n) is 5.93. The van der Waals surface area contributed by atoms with Crippen LogP contribution in [0.2, 0.25) is 0 Å². The van der Waals surface area contributed by atoms with Gasteiger partial charge in [0.1, 0.15) is 6.04 Å². The van der Waals surface area contributed by atoms with Crippen LogP contribution in [0, 0.1) is 5.92 Å². The van der Waals surface area contributed by atoms with Crippen molar-refractivity contribution in [3.05, 3.63) is 0 Å². The first-order valence-electron chi connectivity index (χ1n) is 6.61. The maximum Gasteiger partial charge on any atom is 0.321 e. The van der Waals surface area contributed by atoms with Crippen molar-refractivity contribution in [3.63, 3.8) is 0 Å². The Kier molecular flexibility index (Phi) is 5.95. The van der Waals surface area contributed by atoms with Gasteiger partial charge in [-0.3, -0.25) is 10.1 Å². The van der Waals surface area contributed by atoms with Crippen molar-refractivity contribution < 1.29 is 15.0 Å². The first kappa shape index (κ1) is 15.8. The molecule has 5 heteroatoms. The summed E-state index contributed by atoms with van der Waals surface area (Å²) in [4.78, 5) is 10.8. The van der Waals surface area contributed by atoms with Gasteiger partial charge in [-0.25, -0.2) is 0 Å². The fraction of sp³-hybridized carbons (Fsp3) is 0.923. The highest BCUT2D eigenvalue weighted by Gasteiger charge is 2.30. The van der Waals surface area contributed by atoms with Crippen molar-refractivity contribution in [2.24, 2.45) is 5.92 Å². The van der Waals surface area contributed by atoms with Crippen LogP contribution in [0.4, 0.5) is 0 Å². The van der Waals surface area contributed by atoms with Crippen LogP contribution in [0.5, 0.6) is 0 Å². The zero-order valence-corrected chi connectivity index (χ0v) is 12.3. The Labute approximate surface area is 114 Å².